The fourth-order valence-corrected chi connectivity index (χ4v) is 2.53. The minimum Gasteiger partial charge on any atom is -0.269 e. The van der Waals surface area contributed by atoms with Gasteiger partial charge in [0, 0.05) is 6.42 Å². The van der Waals surface area contributed by atoms with Gasteiger partial charge in [0.1, 0.15) is 0 Å². The van der Waals surface area contributed by atoms with Gasteiger partial charge >= 0.3 is 10.4 Å². The predicted molar refractivity (Wildman–Crippen MR) is 50.1 cm³/mol. The standard InChI is InChI=1S/C6H12O7S2/c7-14(8)12-5-2-1-3-6(4-5)13-15(9,10)11/h5-6,14H,1-4H2,(H,9,10,11). The molecule has 0 aliphatic heterocycles. The first-order valence-electron chi connectivity index (χ1n) is 4.33. The van der Waals surface area contributed by atoms with Crippen molar-refractivity contribution in [2.45, 2.75) is 37.9 Å². The normalized spacial score (nSPS) is 28.1. The lowest BCUT2D eigenvalue weighted by atomic mass is 9.95. The van der Waals surface area contributed by atoms with Crippen LogP contribution >= 0.6 is 0 Å². The third kappa shape index (κ3) is 5.42. The summed E-state index contributed by atoms with van der Waals surface area (Å²) in [4.78, 5) is 0. The molecule has 0 heterocycles. The van der Waals surface area contributed by atoms with Gasteiger partial charge in [-0.25, -0.2) is 12.6 Å². The maximum absolute atomic E-state index is 10.4. The van der Waals surface area contributed by atoms with Gasteiger partial charge in [0.2, 0.25) is 0 Å². The Balaban J connectivity index is 2.49. The lowest BCUT2D eigenvalue weighted by molar-refractivity contribution is 0.0711. The first-order valence-corrected chi connectivity index (χ1v) is 6.80. The number of rotatable bonds is 4. The van der Waals surface area contributed by atoms with Crippen molar-refractivity contribution in [1.82, 2.24) is 0 Å². The van der Waals surface area contributed by atoms with Gasteiger partial charge in [-0.15, -0.1) is 0 Å². The van der Waals surface area contributed by atoms with Gasteiger partial charge < -0.3 is 0 Å². The Morgan fingerprint density at radius 2 is 1.80 bits per heavy atom. The van der Waals surface area contributed by atoms with Crippen LogP contribution in [0.4, 0.5) is 0 Å². The van der Waals surface area contributed by atoms with E-state index in [0.717, 1.165) is 0 Å². The highest BCUT2D eigenvalue weighted by Crippen LogP contribution is 2.24. The second-order valence-corrected chi connectivity index (χ2v) is 4.97. The zero-order valence-corrected chi connectivity index (χ0v) is 9.45. The topological polar surface area (TPSA) is 107 Å². The molecule has 0 aromatic rings. The highest BCUT2D eigenvalue weighted by atomic mass is 32.3. The van der Waals surface area contributed by atoms with Crippen molar-refractivity contribution >= 4 is 21.4 Å². The van der Waals surface area contributed by atoms with Crippen LogP contribution in [0.2, 0.25) is 0 Å². The quantitative estimate of drug-likeness (QED) is 0.526. The van der Waals surface area contributed by atoms with E-state index in [1.165, 1.54) is 0 Å². The maximum atomic E-state index is 10.4. The van der Waals surface area contributed by atoms with Crippen LogP contribution in [0.15, 0.2) is 0 Å². The Morgan fingerprint density at radius 3 is 2.33 bits per heavy atom. The molecule has 2 atom stereocenters. The van der Waals surface area contributed by atoms with Crippen LogP contribution in [0.1, 0.15) is 25.7 Å². The molecule has 1 N–H and O–H groups in total. The van der Waals surface area contributed by atoms with Gasteiger partial charge in [-0.1, -0.05) is 0 Å². The molecular formula is C6H12O7S2. The van der Waals surface area contributed by atoms with Gasteiger partial charge in [-0.05, 0) is 19.3 Å². The van der Waals surface area contributed by atoms with Crippen LogP contribution in [0.25, 0.3) is 0 Å². The summed E-state index contributed by atoms with van der Waals surface area (Å²) < 4.78 is 58.6. The molecule has 15 heavy (non-hydrogen) atoms. The van der Waals surface area contributed by atoms with E-state index in [9.17, 15) is 16.8 Å². The molecule has 1 fully saturated rings. The average molecular weight is 260 g/mol. The van der Waals surface area contributed by atoms with Gasteiger partial charge in [-0.2, -0.15) is 8.42 Å². The molecule has 9 heteroatoms. The molecule has 1 aliphatic rings. The van der Waals surface area contributed by atoms with E-state index in [4.69, 9.17) is 4.55 Å². The molecule has 0 radical (unpaired) electrons. The smallest absolute Gasteiger partial charge is 0.269 e. The summed E-state index contributed by atoms with van der Waals surface area (Å²) in [6.07, 6.45) is 0.446. The second kappa shape index (κ2) is 5.21. The molecule has 1 saturated carbocycles. The van der Waals surface area contributed by atoms with E-state index in [2.05, 4.69) is 8.37 Å². The van der Waals surface area contributed by atoms with Gasteiger partial charge in [0.15, 0.2) is 0 Å². The SMILES string of the molecule is O=[SH](=O)OC1CCCC(OS(=O)(=O)O)C1. The van der Waals surface area contributed by atoms with Crippen LogP contribution in [-0.2, 0) is 29.8 Å². The fraction of sp³-hybridized carbons (Fsp3) is 1.00. The first kappa shape index (κ1) is 12.8. The van der Waals surface area contributed by atoms with Crippen molar-refractivity contribution in [3.8, 4) is 0 Å². The highest BCUT2D eigenvalue weighted by molar-refractivity contribution is 7.80. The molecule has 0 amide bonds. The minimum absolute atomic E-state index is 0.142. The van der Waals surface area contributed by atoms with E-state index in [0.29, 0.717) is 19.3 Å². The second-order valence-electron chi connectivity index (χ2n) is 3.26. The zero-order chi connectivity index (χ0) is 11.5. The van der Waals surface area contributed by atoms with Crippen LogP contribution in [0.5, 0.6) is 0 Å². The van der Waals surface area contributed by atoms with Crippen molar-refractivity contribution in [3.63, 3.8) is 0 Å². The van der Waals surface area contributed by atoms with Crippen molar-refractivity contribution in [2.75, 3.05) is 0 Å². The van der Waals surface area contributed by atoms with Crippen molar-refractivity contribution < 1.29 is 29.8 Å². The Bertz CT molecular complexity index is 363. The summed E-state index contributed by atoms with van der Waals surface area (Å²) in [6, 6.07) is 0. The van der Waals surface area contributed by atoms with Crippen LogP contribution in [-0.4, -0.2) is 33.6 Å². The molecule has 0 spiro atoms. The van der Waals surface area contributed by atoms with Gasteiger partial charge in [0.25, 0.3) is 11.0 Å². The third-order valence-electron chi connectivity index (χ3n) is 2.07. The monoisotopic (exact) mass is 260 g/mol. The van der Waals surface area contributed by atoms with Crippen molar-refractivity contribution in [2.24, 2.45) is 0 Å². The summed E-state index contributed by atoms with van der Waals surface area (Å²) in [5, 5.41) is 0. The summed E-state index contributed by atoms with van der Waals surface area (Å²) in [5.74, 6) is 0. The predicted octanol–water partition coefficient (Wildman–Crippen LogP) is -0.340. The molecule has 90 valence electrons. The summed E-state index contributed by atoms with van der Waals surface area (Å²) in [7, 11) is -7.43. The van der Waals surface area contributed by atoms with Crippen LogP contribution < -0.4 is 0 Å². The lowest BCUT2D eigenvalue weighted by Gasteiger charge is -2.25. The third-order valence-corrected chi connectivity index (χ3v) is 3.06. The highest BCUT2D eigenvalue weighted by Gasteiger charge is 2.27. The van der Waals surface area contributed by atoms with E-state index in [-0.39, 0.29) is 6.42 Å². The molecule has 1 aliphatic carbocycles. The summed E-state index contributed by atoms with van der Waals surface area (Å²) in [6.45, 7) is 0. The fourth-order valence-electron chi connectivity index (χ4n) is 1.58. The van der Waals surface area contributed by atoms with Crippen molar-refractivity contribution in [3.05, 3.63) is 0 Å². The summed E-state index contributed by atoms with van der Waals surface area (Å²) in [5.41, 5.74) is 0. The molecular weight excluding hydrogens is 248 g/mol. The minimum atomic E-state index is -4.48. The molecule has 1 rings (SSSR count). The average Bonchev–Trinajstić information content (AvgIpc) is 1.99. The first-order chi connectivity index (χ1) is 6.87. The van der Waals surface area contributed by atoms with Crippen molar-refractivity contribution in [1.29, 1.82) is 0 Å². The Kier molecular flexibility index (Phi) is 4.46. The lowest BCUT2D eigenvalue weighted by Crippen LogP contribution is -2.29. The van der Waals surface area contributed by atoms with Crippen LogP contribution in [0.3, 0.4) is 0 Å². The Hall–Kier alpha value is -0.220. The van der Waals surface area contributed by atoms with Gasteiger partial charge in [0.05, 0.1) is 12.2 Å². The molecule has 2 unspecified atom stereocenters. The van der Waals surface area contributed by atoms with E-state index in [1.807, 2.05) is 0 Å². The zero-order valence-electron chi connectivity index (χ0n) is 7.74. The molecule has 0 aromatic heterocycles. The number of hydrogen-bond acceptors (Lipinski definition) is 6. The van der Waals surface area contributed by atoms with E-state index >= 15 is 0 Å². The Morgan fingerprint density at radius 1 is 1.20 bits per heavy atom. The van der Waals surface area contributed by atoms with E-state index in [1.54, 1.807) is 0 Å². The molecule has 0 aromatic carbocycles. The number of thiol groups is 1. The maximum Gasteiger partial charge on any atom is 0.397 e. The van der Waals surface area contributed by atoms with E-state index < -0.39 is 33.6 Å². The Labute approximate surface area is 89.5 Å². The van der Waals surface area contributed by atoms with Gasteiger partial charge in [-0.3, -0.25) is 8.74 Å². The number of hydrogen-bond donors (Lipinski definition) is 2. The summed E-state index contributed by atoms with van der Waals surface area (Å²) >= 11 is 0. The molecule has 7 nitrogen and oxygen atoms in total. The molecule has 0 saturated heterocycles. The molecule has 0 bridgehead atoms. The van der Waals surface area contributed by atoms with Crippen LogP contribution in [0, 0.1) is 0 Å². The largest absolute Gasteiger partial charge is 0.397 e.